The molecule has 0 saturated heterocycles. The van der Waals surface area contributed by atoms with Crippen LogP contribution in [0.15, 0.2) is 29.2 Å². The lowest BCUT2D eigenvalue weighted by Crippen LogP contribution is -2.21. The van der Waals surface area contributed by atoms with Crippen molar-refractivity contribution in [3.63, 3.8) is 0 Å². The van der Waals surface area contributed by atoms with Crippen LogP contribution in [0.1, 0.15) is 39.0 Å². The summed E-state index contributed by atoms with van der Waals surface area (Å²) in [7, 11) is -3.83. The number of anilines is 1. The maximum Gasteiger partial charge on any atom is 0.355 e. The molecule has 0 fully saturated rings. The average molecular weight is 423 g/mol. The first-order chi connectivity index (χ1) is 13.5. The van der Waals surface area contributed by atoms with E-state index in [-0.39, 0.29) is 22.8 Å². The highest BCUT2D eigenvalue weighted by Crippen LogP contribution is 2.20. The summed E-state index contributed by atoms with van der Waals surface area (Å²) >= 11 is 0. The maximum absolute atomic E-state index is 12.3. The number of rotatable bonds is 7. The Kier molecular flexibility index (Phi) is 6.77. The SMILES string of the molecule is CCOC(=O)c1c(C)[nH]c(C(=O)OCC(=O)Nc2ccc(S(N)(=O)=O)cc2)c1C. The number of sulfonamides is 1. The van der Waals surface area contributed by atoms with Crippen LogP contribution < -0.4 is 10.5 Å². The molecule has 0 radical (unpaired) electrons. The Morgan fingerprint density at radius 3 is 2.24 bits per heavy atom. The number of H-pyrrole nitrogens is 1. The van der Waals surface area contributed by atoms with Crippen molar-refractivity contribution in [2.45, 2.75) is 25.7 Å². The van der Waals surface area contributed by atoms with Gasteiger partial charge in [-0.05, 0) is 50.6 Å². The highest BCUT2D eigenvalue weighted by molar-refractivity contribution is 7.89. The topological polar surface area (TPSA) is 158 Å². The number of ether oxygens (including phenoxy) is 2. The van der Waals surface area contributed by atoms with E-state index in [2.05, 4.69) is 10.3 Å². The quantitative estimate of drug-likeness (QED) is 0.565. The van der Waals surface area contributed by atoms with Crippen LogP contribution in [0.5, 0.6) is 0 Å². The van der Waals surface area contributed by atoms with Crippen LogP contribution in [0.25, 0.3) is 0 Å². The molecular formula is C18H21N3O7S. The molecule has 4 N–H and O–H groups in total. The number of aryl methyl sites for hydroxylation is 1. The normalized spacial score (nSPS) is 11.0. The minimum Gasteiger partial charge on any atom is -0.462 e. The molecule has 1 heterocycles. The second-order valence-corrected chi connectivity index (χ2v) is 7.60. The summed E-state index contributed by atoms with van der Waals surface area (Å²) in [4.78, 5) is 38.9. The number of carbonyl (C=O) groups is 3. The van der Waals surface area contributed by atoms with Crippen LogP contribution in [-0.4, -0.2) is 44.5 Å². The minimum absolute atomic E-state index is 0.0517. The van der Waals surface area contributed by atoms with Crippen LogP contribution in [0, 0.1) is 13.8 Å². The second kappa shape index (κ2) is 8.88. The summed E-state index contributed by atoms with van der Waals surface area (Å²) in [6.07, 6.45) is 0. The molecule has 1 aromatic heterocycles. The third-order valence-corrected chi connectivity index (χ3v) is 4.85. The number of hydrogen-bond donors (Lipinski definition) is 3. The van der Waals surface area contributed by atoms with Crippen LogP contribution in [0.4, 0.5) is 5.69 Å². The third-order valence-electron chi connectivity index (χ3n) is 3.92. The molecule has 0 bridgehead atoms. The lowest BCUT2D eigenvalue weighted by atomic mass is 10.1. The molecule has 11 heteroatoms. The van der Waals surface area contributed by atoms with Gasteiger partial charge in [0.2, 0.25) is 10.0 Å². The maximum atomic E-state index is 12.3. The summed E-state index contributed by atoms with van der Waals surface area (Å²) in [6, 6.07) is 5.17. The van der Waals surface area contributed by atoms with E-state index in [0.717, 1.165) is 0 Å². The van der Waals surface area contributed by atoms with Crippen LogP contribution in [-0.2, 0) is 24.3 Å². The predicted molar refractivity (Wildman–Crippen MR) is 103 cm³/mol. The van der Waals surface area contributed by atoms with Gasteiger partial charge in [0.05, 0.1) is 17.1 Å². The molecule has 0 unspecified atom stereocenters. The first-order valence-electron chi connectivity index (χ1n) is 8.50. The second-order valence-electron chi connectivity index (χ2n) is 6.04. The van der Waals surface area contributed by atoms with Crippen LogP contribution in [0.2, 0.25) is 0 Å². The largest absolute Gasteiger partial charge is 0.462 e. The van der Waals surface area contributed by atoms with E-state index in [1.165, 1.54) is 24.3 Å². The van der Waals surface area contributed by atoms with Crippen molar-refractivity contribution in [1.82, 2.24) is 4.98 Å². The highest BCUT2D eigenvalue weighted by atomic mass is 32.2. The third kappa shape index (κ3) is 5.42. The Labute approximate surface area is 167 Å². The number of aromatic amines is 1. The van der Waals surface area contributed by atoms with Crippen molar-refractivity contribution in [1.29, 1.82) is 0 Å². The van der Waals surface area contributed by atoms with Gasteiger partial charge in [-0.1, -0.05) is 0 Å². The number of hydrogen-bond acceptors (Lipinski definition) is 7. The molecule has 2 aromatic rings. The van der Waals surface area contributed by atoms with E-state index in [9.17, 15) is 22.8 Å². The van der Waals surface area contributed by atoms with Crippen molar-refractivity contribution in [2.75, 3.05) is 18.5 Å². The monoisotopic (exact) mass is 423 g/mol. The zero-order valence-corrected chi connectivity index (χ0v) is 16.9. The molecule has 2 rings (SSSR count). The summed E-state index contributed by atoms with van der Waals surface area (Å²) in [5.74, 6) is -1.99. The fourth-order valence-corrected chi connectivity index (χ4v) is 3.11. The molecule has 0 aliphatic rings. The zero-order valence-electron chi connectivity index (χ0n) is 16.1. The fourth-order valence-electron chi connectivity index (χ4n) is 2.59. The Morgan fingerprint density at radius 2 is 1.69 bits per heavy atom. The van der Waals surface area contributed by atoms with Gasteiger partial charge < -0.3 is 19.8 Å². The highest BCUT2D eigenvalue weighted by Gasteiger charge is 2.24. The lowest BCUT2D eigenvalue weighted by molar-refractivity contribution is -0.119. The van der Waals surface area contributed by atoms with Gasteiger partial charge in [0.15, 0.2) is 6.61 Å². The lowest BCUT2D eigenvalue weighted by Gasteiger charge is -2.07. The molecule has 1 aromatic carbocycles. The first kappa shape index (κ1) is 22.1. The van der Waals surface area contributed by atoms with E-state index in [0.29, 0.717) is 16.9 Å². The number of carbonyl (C=O) groups excluding carboxylic acids is 3. The van der Waals surface area contributed by atoms with E-state index in [1.807, 2.05) is 0 Å². The Morgan fingerprint density at radius 1 is 1.07 bits per heavy atom. The molecule has 0 saturated carbocycles. The summed E-state index contributed by atoms with van der Waals surface area (Å²) in [6.45, 7) is 4.47. The first-order valence-corrected chi connectivity index (χ1v) is 10.0. The van der Waals surface area contributed by atoms with E-state index in [4.69, 9.17) is 14.6 Å². The molecule has 0 aliphatic carbocycles. The molecule has 10 nitrogen and oxygen atoms in total. The Bertz CT molecular complexity index is 1040. The number of amides is 1. The average Bonchev–Trinajstić information content (AvgIpc) is 2.94. The number of primary sulfonamides is 1. The molecule has 29 heavy (non-hydrogen) atoms. The van der Waals surface area contributed by atoms with Gasteiger partial charge in [-0.15, -0.1) is 0 Å². The van der Waals surface area contributed by atoms with Crippen molar-refractivity contribution >= 4 is 33.6 Å². The van der Waals surface area contributed by atoms with E-state index < -0.39 is 34.5 Å². The van der Waals surface area contributed by atoms with Crippen molar-refractivity contribution in [2.24, 2.45) is 5.14 Å². The number of esters is 2. The predicted octanol–water partition coefficient (Wildman–Crippen LogP) is 1.25. The molecule has 1 amide bonds. The van der Waals surface area contributed by atoms with Gasteiger partial charge in [-0.25, -0.2) is 23.1 Å². The van der Waals surface area contributed by atoms with E-state index in [1.54, 1.807) is 20.8 Å². The van der Waals surface area contributed by atoms with Crippen molar-refractivity contribution in [3.05, 3.63) is 46.8 Å². The zero-order chi connectivity index (χ0) is 21.8. The standard InChI is InChI=1S/C18H21N3O7S/c1-4-27-17(23)15-10(2)16(20-11(15)3)18(24)28-9-14(22)21-12-5-7-13(8-6-12)29(19,25)26/h5-8,20H,4,9H2,1-3H3,(H,21,22)(H2,19,25,26). The van der Waals surface area contributed by atoms with Gasteiger partial charge in [-0.2, -0.15) is 0 Å². The number of aromatic nitrogens is 1. The van der Waals surface area contributed by atoms with Crippen LogP contribution in [0.3, 0.4) is 0 Å². The van der Waals surface area contributed by atoms with Gasteiger partial charge in [0.25, 0.3) is 5.91 Å². The van der Waals surface area contributed by atoms with E-state index >= 15 is 0 Å². The fraction of sp³-hybridized carbons (Fsp3) is 0.278. The van der Waals surface area contributed by atoms with Gasteiger partial charge in [-0.3, -0.25) is 4.79 Å². The minimum atomic E-state index is -3.83. The number of benzene rings is 1. The summed E-state index contributed by atoms with van der Waals surface area (Å²) in [5, 5.41) is 7.46. The molecule has 156 valence electrons. The van der Waals surface area contributed by atoms with Crippen molar-refractivity contribution < 1.29 is 32.3 Å². The van der Waals surface area contributed by atoms with Gasteiger partial charge in [0, 0.05) is 11.4 Å². The molecule has 0 spiro atoms. The number of nitrogens with one attached hydrogen (secondary N) is 2. The Balaban J connectivity index is 1.99. The molecule has 0 aliphatic heterocycles. The van der Waals surface area contributed by atoms with Crippen molar-refractivity contribution in [3.8, 4) is 0 Å². The van der Waals surface area contributed by atoms with Gasteiger partial charge >= 0.3 is 11.9 Å². The smallest absolute Gasteiger partial charge is 0.355 e. The van der Waals surface area contributed by atoms with Crippen LogP contribution >= 0.6 is 0 Å². The summed E-state index contributed by atoms with van der Waals surface area (Å²) in [5.41, 5.74) is 1.42. The molecular weight excluding hydrogens is 402 g/mol. The Hall–Kier alpha value is -3.18. The summed E-state index contributed by atoms with van der Waals surface area (Å²) < 4.78 is 32.4. The molecule has 0 atom stereocenters. The number of nitrogens with two attached hydrogens (primary N) is 1. The van der Waals surface area contributed by atoms with Gasteiger partial charge in [0.1, 0.15) is 5.69 Å².